The summed E-state index contributed by atoms with van der Waals surface area (Å²) in [6, 6.07) is 18.5. The van der Waals surface area contributed by atoms with Gasteiger partial charge in [0, 0.05) is 6.54 Å². The molecule has 0 radical (unpaired) electrons. The van der Waals surface area contributed by atoms with E-state index in [1.54, 1.807) is 12.1 Å². The highest BCUT2D eigenvalue weighted by molar-refractivity contribution is 6.23. The smallest absolute Gasteiger partial charge is 0.257 e. The van der Waals surface area contributed by atoms with E-state index in [1.165, 1.54) is 24.2 Å². The molecule has 2 aromatic carbocycles. The van der Waals surface area contributed by atoms with Gasteiger partial charge in [0.05, 0.1) is 17.5 Å². The maximum absolute atomic E-state index is 14.3. The second-order valence-corrected chi connectivity index (χ2v) is 11.1. The Kier molecular flexibility index (Phi) is 5.31. The summed E-state index contributed by atoms with van der Waals surface area (Å²) in [4.78, 5) is 44.1. The molecule has 176 valence electrons. The van der Waals surface area contributed by atoms with Crippen LogP contribution in [-0.2, 0) is 20.8 Å². The second-order valence-electron chi connectivity index (χ2n) is 11.1. The van der Waals surface area contributed by atoms with Gasteiger partial charge in [-0.05, 0) is 80.4 Å². The van der Waals surface area contributed by atoms with Gasteiger partial charge in [0.25, 0.3) is 5.91 Å². The van der Waals surface area contributed by atoms with Gasteiger partial charge in [0.15, 0.2) is 0 Å². The van der Waals surface area contributed by atoms with Gasteiger partial charge < -0.3 is 4.90 Å². The molecule has 5 aliphatic rings. The van der Waals surface area contributed by atoms with Crippen molar-refractivity contribution in [3.05, 3.63) is 66.2 Å². The third-order valence-corrected chi connectivity index (χ3v) is 8.75. The summed E-state index contributed by atoms with van der Waals surface area (Å²) in [7, 11) is 0. The van der Waals surface area contributed by atoms with Crippen molar-refractivity contribution in [1.82, 2.24) is 4.90 Å². The zero-order valence-corrected chi connectivity index (χ0v) is 19.6. The van der Waals surface area contributed by atoms with E-state index in [9.17, 15) is 14.4 Å². The van der Waals surface area contributed by atoms with E-state index in [2.05, 4.69) is 12.1 Å². The molecule has 0 spiro atoms. The average molecular weight is 457 g/mol. The lowest BCUT2D eigenvalue weighted by Crippen LogP contribution is -2.58. The van der Waals surface area contributed by atoms with Crippen LogP contribution in [0.4, 0.5) is 5.69 Å². The number of benzene rings is 2. The molecule has 0 N–H and O–H groups in total. The van der Waals surface area contributed by atoms with Gasteiger partial charge in [0.2, 0.25) is 11.8 Å². The van der Waals surface area contributed by atoms with Crippen LogP contribution in [0.5, 0.6) is 0 Å². The summed E-state index contributed by atoms with van der Waals surface area (Å²) >= 11 is 0. The minimum atomic E-state index is -0.711. The fourth-order valence-corrected chi connectivity index (χ4v) is 7.68. The van der Waals surface area contributed by atoms with Gasteiger partial charge in [-0.25, -0.2) is 4.90 Å². The Bertz CT molecular complexity index is 1060. The van der Waals surface area contributed by atoms with Crippen molar-refractivity contribution in [3.63, 3.8) is 0 Å². The maximum Gasteiger partial charge on any atom is 0.257 e. The largest absolute Gasteiger partial charge is 0.329 e. The summed E-state index contributed by atoms with van der Waals surface area (Å²) in [5.74, 6) is 1.59. The van der Waals surface area contributed by atoms with E-state index in [0.717, 1.165) is 24.8 Å². The molecule has 1 aliphatic heterocycles. The minimum absolute atomic E-state index is 0.0701. The van der Waals surface area contributed by atoms with Crippen LogP contribution in [-0.4, -0.2) is 35.2 Å². The fourth-order valence-electron chi connectivity index (χ4n) is 7.68. The Hall–Kier alpha value is -2.95. The Morgan fingerprint density at radius 3 is 2.00 bits per heavy atom. The van der Waals surface area contributed by atoms with Crippen LogP contribution in [0.3, 0.4) is 0 Å². The van der Waals surface area contributed by atoms with Gasteiger partial charge in [-0.3, -0.25) is 14.4 Å². The van der Waals surface area contributed by atoms with Gasteiger partial charge >= 0.3 is 0 Å². The van der Waals surface area contributed by atoms with Crippen molar-refractivity contribution in [2.24, 2.45) is 23.2 Å². The highest BCUT2D eigenvalue weighted by Crippen LogP contribution is 2.60. The molecule has 5 nitrogen and oxygen atoms in total. The topological polar surface area (TPSA) is 57.7 Å². The van der Waals surface area contributed by atoms with E-state index < -0.39 is 6.04 Å². The number of imide groups is 1. The first-order valence-electron chi connectivity index (χ1n) is 12.8. The second kappa shape index (κ2) is 8.37. The van der Waals surface area contributed by atoms with E-state index in [0.29, 0.717) is 36.4 Å². The molecule has 4 aliphatic carbocycles. The number of carbonyl (C=O) groups is 3. The lowest BCUT2D eigenvalue weighted by Gasteiger charge is -2.57. The van der Waals surface area contributed by atoms with E-state index in [1.807, 2.05) is 41.3 Å². The molecule has 0 aromatic heterocycles. The number of amides is 3. The first kappa shape index (κ1) is 21.6. The first-order chi connectivity index (χ1) is 16.5. The van der Waals surface area contributed by atoms with Crippen LogP contribution in [0.2, 0.25) is 0 Å². The molecule has 5 heteroatoms. The van der Waals surface area contributed by atoms with Gasteiger partial charge in [-0.1, -0.05) is 48.5 Å². The average Bonchev–Trinajstić information content (AvgIpc) is 3.13. The number of hydrogen-bond acceptors (Lipinski definition) is 3. The van der Waals surface area contributed by atoms with E-state index in [-0.39, 0.29) is 29.6 Å². The number of nitrogens with zero attached hydrogens (tertiary/aromatic N) is 2. The lowest BCUT2D eigenvalue weighted by molar-refractivity contribution is -0.161. The van der Waals surface area contributed by atoms with Crippen molar-refractivity contribution >= 4 is 23.4 Å². The molecular formula is C29H32N2O3. The molecule has 1 heterocycles. The molecule has 2 aromatic rings. The van der Waals surface area contributed by atoms with E-state index in [4.69, 9.17) is 0 Å². The molecular weight excluding hydrogens is 424 g/mol. The number of para-hydroxylation sites is 1. The molecule has 1 saturated heterocycles. The molecule has 34 heavy (non-hydrogen) atoms. The summed E-state index contributed by atoms with van der Waals surface area (Å²) in [5, 5.41) is 0. The zero-order chi connectivity index (χ0) is 23.3. The van der Waals surface area contributed by atoms with Crippen molar-refractivity contribution in [3.8, 4) is 0 Å². The lowest BCUT2D eigenvalue weighted by atomic mass is 9.49. The van der Waals surface area contributed by atoms with Gasteiger partial charge in [0.1, 0.15) is 6.04 Å². The van der Waals surface area contributed by atoms with Crippen LogP contribution in [0, 0.1) is 23.2 Å². The molecule has 3 amide bonds. The van der Waals surface area contributed by atoms with Crippen molar-refractivity contribution in [2.45, 2.75) is 57.4 Å². The van der Waals surface area contributed by atoms with E-state index >= 15 is 0 Å². The number of rotatable bonds is 6. The highest BCUT2D eigenvalue weighted by Gasteiger charge is 2.57. The monoisotopic (exact) mass is 456 g/mol. The minimum Gasteiger partial charge on any atom is -0.329 e. The Morgan fingerprint density at radius 2 is 1.41 bits per heavy atom. The Balaban J connectivity index is 1.31. The summed E-state index contributed by atoms with van der Waals surface area (Å²) in [6.45, 7) is 0.469. The molecule has 4 saturated carbocycles. The molecule has 1 unspecified atom stereocenters. The van der Waals surface area contributed by atoms with Crippen LogP contribution in [0.15, 0.2) is 60.7 Å². The maximum atomic E-state index is 14.3. The Morgan fingerprint density at radius 1 is 0.853 bits per heavy atom. The number of anilines is 1. The predicted octanol–water partition coefficient (Wildman–Crippen LogP) is 4.61. The quantitative estimate of drug-likeness (QED) is 0.597. The normalized spacial score (nSPS) is 31.8. The SMILES string of the molecule is O=C1CC(N(CCc2ccccc2)C(=O)C23CC4CC(CC(C4)C2)C3)C(=O)N1c1ccccc1. The van der Waals surface area contributed by atoms with Gasteiger partial charge in [-0.15, -0.1) is 0 Å². The van der Waals surface area contributed by atoms with Crippen molar-refractivity contribution in [2.75, 3.05) is 11.4 Å². The third-order valence-electron chi connectivity index (χ3n) is 8.75. The standard InChI is InChI=1S/C29H32N2O3/c32-26-16-25(27(33)31(26)24-9-5-2-6-10-24)30(12-11-20-7-3-1-4-8-20)28(34)29-17-21-13-22(18-29)15-23(14-21)19-29/h1-10,21-23,25H,11-19H2. The first-order valence-corrected chi connectivity index (χ1v) is 12.8. The number of hydrogen-bond donors (Lipinski definition) is 0. The molecule has 5 fully saturated rings. The van der Waals surface area contributed by atoms with Crippen LogP contribution in [0.1, 0.15) is 50.5 Å². The van der Waals surface area contributed by atoms with Crippen LogP contribution >= 0.6 is 0 Å². The summed E-state index contributed by atoms with van der Waals surface area (Å²) in [5.41, 5.74) is 1.39. The van der Waals surface area contributed by atoms with Crippen molar-refractivity contribution < 1.29 is 14.4 Å². The Labute approximate surface area is 201 Å². The summed E-state index contributed by atoms with van der Waals surface area (Å²) in [6.07, 6.45) is 7.41. The van der Waals surface area contributed by atoms with Crippen LogP contribution < -0.4 is 4.90 Å². The van der Waals surface area contributed by atoms with Gasteiger partial charge in [-0.2, -0.15) is 0 Å². The highest BCUT2D eigenvalue weighted by atomic mass is 16.2. The molecule has 4 bridgehead atoms. The number of carbonyl (C=O) groups excluding carboxylic acids is 3. The molecule has 7 rings (SSSR count). The van der Waals surface area contributed by atoms with Crippen molar-refractivity contribution in [1.29, 1.82) is 0 Å². The molecule has 1 atom stereocenters. The third kappa shape index (κ3) is 3.66. The fraction of sp³-hybridized carbons (Fsp3) is 0.483. The predicted molar refractivity (Wildman–Crippen MR) is 130 cm³/mol. The zero-order valence-electron chi connectivity index (χ0n) is 19.6. The summed E-state index contributed by atoms with van der Waals surface area (Å²) < 4.78 is 0. The van der Waals surface area contributed by atoms with Crippen LogP contribution in [0.25, 0.3) is 0 Å².